The number of rotatable bonds is 35. The van der Waals surface area contributed by atoms with E-state index in [1.807, 2.05) is 0 Å². The molecule has 2 aromatic rings. The Morgan fingerprint density at radius 2 is 0.655 bits per heavy atom. The van der Waals surface area contributed by atoms with E-state index in [9.17, 15) is 84.6 Å². The number of aliphatic hydroxyl groups excluding tert-OH is 9. The highest BCUT2D eigenvalue weighted by atomic mass is 16.7. The summed E-state index contributed by atoms with van der Waals surface area (Å²) in [5, 5.41) is 115. The third-order valence-electron chi connectivity index (χ3n) is 13.7. The van der Waals surface area contributed by atoms with E-state index >= 15 is 0 Å². The van der Waals surface area contributed by atoms with Gasteiger partial charge in [-0.3, -0.25) is 28.8 Å². The lowest BCUT2D eigenvalue weighted by molar-refractivity contribution is -0.293. The summed E-state index contributed by atoms with van der Waals surface area (Å²) in [5.74, 6) is -4.32. The molecule has 32 heteroatoms. The summed E-state index contributed by atoms with van der Waals surface area (Å²) in [6, 6.07) is 8.14. The Bertz CT molecular complexity index is 2460. The molecule has 15 atom stereocenters. The number of benzene rings is 2. The van der Waals surface area contributed by atoms with Crippen LogP contribution in [0.2, 0.25) is 0 Å². The molecular weight excluding hydrogens is 1160 g/mol. The van der Waals surface area contributed by atoms with E-state index in [4.69, 9.17) is 42.6 Å². The maximum absolute atomic E-state index is 12.9. The molecule has 0 radical (unpaired) electrons. The minimum absolute atomic E-state index is 0.00254. The highest BCUT2D eigenvalue weighted by Gasteiger charge is 2.44. The molecule has 0 spiro atoms. The lowest BCUT2D eigenvalue weighted by Crippen LogP contribution is -2.57. The van der Waals surface area contributed by atoms with Gasteiger partial charge in [0.15, 0.2) is 38.7 Å². The van der Waals surface area contributed by atoms with Gasteiger partial charge in [0.1, 0.15) is 72.2 Å². The van der Waals surface area contributed by atoms with Gasteiger partial charge in [-0.2, -0.15) is 0 Å². The summed E-state index contributed by atoms with van der Waals surface area (Å²) in [6.45, 7) is 2.91. The topological polar surface area (TPSA) is 477 Å². The number of hydrogen-bond acceptors (Lipinski definition) is 25. The van der Waals surface area contributed by atoms with Crippen molar-refractivity contribution < 1.29 is 127 Å². The van der Waals surface area contributed by atoms with Crippen molar-refractivity contribution in [3.05, 3.63) is 42.0 Å². The number of ether oxygens (including phenoxy) is 9. The van der Waals surface area contributed by atoms with Crippen molar-refractivity contribution in [2.45, 2.75) is 151 Å². The van der Waals surface area contributed by atoms with Crippen LogP contribution in [0.4, 0.5) is 0 Å². The summed E-state index contributed by atoms with van der Waals surface area (Å²) in [6.07, 6.45) is -18.0. The molecule has 5 rings (SSSR count). The first-order valence-corrected chi connectivity index (χ1v) is 28.4. The molecular formula is C55H82N6O26. The number of amides is 6. The minimum Gasteiger partial charge on any atom is -0.484 e. The smallest absolute Gasteiger partial charge is 0.335 e. The van der Waals surface area contributed by atoms with Crippen LogP contribution in [-0.2, 0) is 57.2 Å². The van der Waals surface area contributed by atoms with E-state index in [1.165, 1.54) is 57.2 Å². The molecule has 3 aliphatic heterocycles. The standard InChI is InChI=1S/C55H82N6O26/c1-28-43(68)46(71)49(74)53(85-28)79-16-4-7-37(62)56-10-13-59-40(65)25-82-34-20-31(19-33(23-34)52(77)78)32-21-35(83-26-41(66)60-14-11-57-38(63)8-5-17-80-54-50(75)47(72)44(69)29(2)86-54)24-36(22-32)84-27-42(67)61-15-12-58-39(64)9-6-18-81-55-51(76)48(73)45(70)30(3)87-55/h19-24,28-30,43-51,53-55,68-76H,4-18,25-27H2,1-3H3,(H,56,62)(H,57,63)(H,58,64)(H,59,65)(H,60,66)(H,61,67)(H,77,78)/t28-,29-,30-,43?,44?,45?,46?,47?,48?,49-,50-,51-,53?,54?,55?/m0/s1. The normalized spacial score (nSPS) is 27.0. The van der Waals surface area contributed by atoms with E-state index < -0.39 is 136 Å². The molecule has 3 aliphatic rings. The number of carbonyl (C=O) groups excluding carboxylic acids is 6. The van der Waals surface area contributed by atoms with E-state index in [0.29, 0.717) is 0 Å². The van der Waals surface area contributed by atoms with Crippen molar-refractivity contribution in [2.24, 2.45) is 0 Å². The number of nitrogens with one attached hydrogen (secondary N) is 6. The molecule has 9 unspecified atom stereocenters. The number of carboxylic acid groups (broad SMARTS) is 1. The van der Waals surface area contributed by atoms with Crippen molar-refractivity contribution in [3.63, 3.8) is 0 Å². The molecule has 6 amide bonds. The Kier molecular flexibility index (Phi) is 29.6. The quantitative estimate of drug-likeness (QED) is 0.0287. The Morgan fingerprint density at radius 3 is 0.954 bits per heavy atom. The minimum atomic E-state index is -1.49. The largest absolute Gasteiger partial charge is 0.484 e. The van der Waals surface area contributed by atoms with E-state index in [1.54, 1.807) is 0 Å². The third kappa shape index (κ3) is 23.5. The molecule has 488 valence electrons. The van der Waals surface area contributed by atoms with Crippen LogP contribution in [0.15, 0.2) is 36.4 Å². The summed E-state index contributed by atoms with van der Waals surface area (Å²) >= 11 is 0. The fraction of sp³-hybridized carbons (Fsp3) is 0.655. The first-order valence-electron chi connectivity index (χ1n) is 28.4. The summed E-state index contributed by atoms with van der Waals surface area (Å²) < 4.78 is 49.7. The number of hydrogen-bond donors (Lipinski definition) is 16. The lowest BCUT2D eigenvalue weighted by Gasteiger charge is -2.38. The SMILES string of the molecule is C[C@@H]1OC(OCCCC(=O)NCCNC(=O)COc2cc(OCC(=O)NCCNC(=O)CCCOC3O[C@@H](C)C(O)C(O)[C@@H]3O)cc(-c3cc(OCC(=O)NCCNC(=O)CCCOC4O[C@@H](C)C(O)C(O)[C@@H]4O)cc(C(=O)O)c3)c2)[C@@H](O)C(O)C1O. The Hall–Kier alpha value is -6.47. The fourth-order valence-electron chi connectivity index (χ4n) is 8.70. The Morgan fingerprint density at radius 1 is 0.379 bits per heavy atom. The van der Waals surface area contributed by atoms with Gasteiger partial charge < -0.3 is 126 Å². The predicted octanol–water partition coefficient (Wildman–Crippen LogP) is -5.24. The van der Waals surface area contributed by atoms with Crippen molar-refractivity contribution in [1.29, 1.82) is 0 Å². The van der Waals surface area contributed by atoms with Gasteiger partial charge in [0.05, 0.1) is 43.7 Å². The molecule has 2 aromatic carbocycles. The van der Waals surface area contributed by atoms with Crippen LogP contribution < -0.4 is 46.1 Å². The van der Waals surface area contributed by atoms with Crippen LogP contribution >= 0.6 is 0 Å². The highest BCUT2D eigenvalue weighted by Crippen LogP contribution is 2.33. The van der Waals surface area contributed by atoms with E-state index in [-0.39, 0.29) is 149 Å². The van der Waals surface area contributed by atoms with Crippen molar-refractivity contribution in [1.82, 2.24) is 31.9 Å². The third-order valence-corrected chi connectivity index (χ3v) is 13.7. The molecule has 32 nitrogen and oxygen atoms in total. The number of carbonyl (C=O) groups is 7. The van der Waals surface area contributed by atoms with Gasteiger partial charge in [-0.15, -0.1) is 0 Å². The maximum Gasteiger partial charge on any atom is 0.335 e. The molecule has 0 aliphatic carbocycles. The van der Waals surface area contributed by atoms with Gasteiger partial charge >= 0.3 is 5.97 Å². The molecule has 0 saturated carbocycles. The van der Waals surface area contributed by atoms with E-state index in [0.717, 1.165) is 0 Å². The average molecular weight is 1240 g/mol. The Labute approximate surface area is 500 Å². The van der Waals surface area contributed by atoms with Crippen LogP contribution in [0.3, 0.4) is 0 Å². The predicted molar refractivity (Wildman–Crippen MR) is 296 cm³/mol. The van der Waals surface area contributed by atoms with Gasteiger partial charge in [0.25, 0.3) is 17.7 Å². The fourth-order valence-corrected chi connectivity index (χ4v) is 8.70. The summed E-state index contributed by atoms with van der Waals surface area (Å²) in [7, 11) is 0. The first kappa shape index (κ1) is 71.3. The second kappa shape index (κ2) is 36.1. The van der Waals surface area contributed by atoms with Gasteiger partial charge in [-0.1, -0.05) is 0 Å². The molecule has 87 heavy (non-hydrogen) atoms. The molecule has 0 aromatic heterocycles. The zero-order chi connectivity index (χ0) is 63.7. The van der Waals surface area contributed by atoms with Crippen molar-refractivity contribution >= 4 is 41.4 Å². The molecule has 3 fully saturated rings. The van der Waals surface area contributed by atoms with Crippen LogP contribution in [0, 0.1) is 0 Å². The van der Waals surface area contributed by atoms with Gasteiger partial charge in [0.2, 0.25) is 17.7 Å². The van der Waals surface area contributed by atoms with Crippen LogP contribution in [0.5, 0.6) is 17.2 Å². The van der Waals surface area contributed by atoms with E-state index in [2.05, 4.69) is 31.9 Å². The van der Waals surface area contributed by atoms with Crippen LogP contribution in [-0.4, -0.2) is 264 Å². The summed E-state index contributed by atoms with van der Waals surface area (Å²) in [5.41, 5.74) is 0.204. The molecule has 3 saturated heterocycles. The number of aliphatic hydroxyl groups is 9. The number of aromatic carboxylic acids is 1. The second-order valence-corrected chi connectivity index (χ2v) is 20.7. The van der Waals surface area contributed by atoms with Crippen LogP contribution in [0.25, 0.3) is 11.1 Å². The van der Waals surface area contributed by atoms with Crippen molar-refractivity contribution in [2.75, 3.05) is 78.9 Å². The lowest BCUT2D eigenvalue weighted by atomic mass is 10.0. The van der Waals surface area contributed by atoms with Gasteiger partial charge in [-0.05, 0) is 81.5 Å². The number of carboxylic acids is 1. The Balaban J connectivity index is 1.10. The van der Waals surface area contributed by atoms with Gasteiger partial charge in [-0.25, -0.2) is 4.79 Å². The highest BCUT2D eigenvalue weighted by molar-refractivity contribution is 5.90. The summed E-state index contributed by atoms with van der Waals surface area (Å²) in [4.78, 5) is 88.1. The molecule has 16 N–H and O–H groups in total. The maximum atomic E-state index is 12.9. The second-order valence-electron chi connectivity index (χ2n) is 20.7. The molecule has 0 bridgehead atoms. The molecule has 3 heterocycles. The average Bonchev–Trinajstić information content (AvgIpc) is 2.44. The van der Waals surface area contributed by atoms with Gasteiger partial charge in [0, 0.05) is 64.6 Å². The monoisotopic (exact) mass is 1240 g/mol. The zero-order valence-electron chi connectivity index (χ0n) is 48.4. The van der Waals surface area contributed by atoms with Crippen molar-refractivity contribution in [3.8, 4) is 28.4 Å². The first-order chi connectivity index (χ1) is 41.4. The van der Waals surface area contributed by atoms with Crippen LogP contribution in [0.1, 0.15) is 69.7 Å². The zero-order valence-corrected chi connectivity index (χ0v) is 48.4.